The van der Waals surface area contributed by atoms with E-state index in [4.69, 9.17) is 18.5 Å². The molecule has 0 aliphatic carbocycles. The van der Waals surface area contributed by atoms with Crippen LogP contribution in [-0.2, 0) is 32.7 Å². The fourth-order valence-corrected chi connectivity index (χ4v) is 5.82. The molecule has 0 aromatic rings. The summed E-state index contributed by atoms with van der Waals surface area (Å²) in [5.41, 5.74) is 0. The highest BCUT2D eigenvalue weighted by Crippen LogP contribution is 2.43. The van der Waals surface area contributed by atoms with Gasteiger partial charge in [0.2, 0.25) is 0 Å². The average molecular weight is 702 g/mol. The molecular weight excluding hydrogens is 629 g/mol. The van der Waals surface area contributed by atoms with Crippen molar-refractivity contribution in [3.05, 3.63) is 24.3 Å². The zero-order valence-corrected chi connectivity index (χ0v) is 31.8. The van der Waals surface area contributed by atoms with Gasteiger partial charge in [-0.2, -0.15) is 0 Å². The summed E-state index contributed by atoms with van der Waals surface area (Å²) in [6.45, 7) is 4.16. The van der Waals surface area contributed by atoms with Crippen LogP contribution in [0.5, 0.6) is 0 Å². The molecule has 48 heavy (non-hydrogen) atoms. The summed E-state index contributed by atoms with van der Waals surface area (Å²) in [6, 6.07) is 0. The maximum absolute atomic E-state index is 12.5. The molecular formula is C38H72NO8P. The van der Waals surface area contributed by atoms with E-state index in [-0.39, 0.29) is 32.0 Å². The van der Waals surface area contributed by atoms with Crippen LogP contribution in [-0.4, -0.2) is 56.3 Å². The van der Waals surface area contributed by atoms with Gasteiger partial charge in [0.25, 0.3) is 0 Å². The van der Waals surface area contributed by atoms with E-state index in [0.29, 0.717) is 13.0 Å². The molecule has 0 radical (unpaired) electrons. The Kier molecular flexibility index (Phi) is 34.2. The number of nitrogens with one attached hydrogen (secondary N) is 1. The van der Waals surface area contributed by atoms with Gasteiger partial charge in [-0.15, -0.1) is 0 Å². The van der Waals surface area contributed by atoms with Crippen molar-refractivity contribution in [3.8, 4) is 0 Å². The van der Waals surface area contributed by atoms with Crippen LogP contribution in [0.15, 0.2) is 24.3 Å². The quantitative estimate of drug-likeness (QED) is 0.0284. The molecule has 1 unspecified atom stereocenters. The van der Waals surface area contributed by atoms with Gasteiger partial charge in [0.05, 0.1) is 13.2 Å². The minimum Gasteiger partial charge on any atom is -0.462 e. The van der Waals surface area contributed by atoms with Gasteiger partial charge < -0.3 is 19.7 Å². The van der Waals surface area contributed by atoms with Gasteiger partial charge in [0.1, 0.15) is 6.61 Å². The molecule has 0 bridgehead atoms. The summed E-state index contributed by atoms with van der Waals surface area (Å²) in [6.07, 6.45) is 33.6. The number of ether oxygens (including phenoxy) is 2. The number of esters is 2. The molecule has 0 aromatic carbocycles. The number of phosphoric ester groups is 1. The normalized spacial score (nSPS) is 13.7. The van der Waals surface area contributed by atoms with E-state index in [9.17, 15) is 19.0 Å². The van der Waals surface area contributed by atoms with Crippen LogP contribution in [0, 0.1) is 0 Å². The largest absolute Gasteiger partial charge is 0.472 e. The van der Waals surface area contributed by atoms with Crippen LogP contribution in [0.25, 0.3) is 0 Å². The Balaban J connectivity index is 4.32. The highest BCUT2D eigenvalue weighted by molar-refractivity contribution is 7.47. The van der Waals surface area contributed by atoms with Crippen molar-refractivity contribution in [2.24, 2.45) is 0 Å². The lowest BCUT2D eigenvalue weighted by atomic mass is 10.1. The summed E-state index contributed by atoms with van der Waals surface area (Å²) >= 11 is 0. The Bertz CT molecular complexity index is 851. The third-order valence-electron chi connectivity index (χ3n) is 8.04. The van der Waals surface area contributed by atoms with Crippen LogP contribution in [0.2, 0.25) is 0 Å². The lowest BCUT2D eigenvalue weighted by Gasteiger charge is -2.20. The van der Waals surface area contributed by atoms with E-state index in [2.05, 4.69) is 43.5 Å². The summed E-state index contributed by atoms with van der Waals surface area (Å²) in [7, 11) is -2.65. The maximum Gasteiger partial charge on any atom is 0.472 e. The second-order valence-corrected chi connectivity index (χ2v) is 14.2. The molecule has 0 rings (SSSR count). The second kappa shape index (κ2) is 35.3. The van der Waals surface area contributed by atoms with Crippen LogP contribution in [0.3, 0.4) is 0 Å². The molecule has 0 saturated carbocycles. The Morgan fingerprint density at radius 2 is 1.06 bits per heavy atom. The first-order chi connectivity index (χ1) is 23.3. The lowest BCUT2D eigenvalue weighted by molar-refractivity contribution is -0.161. The van der Waals surface area contributed by atoms with Crippen LogP contribution in [0.4, 0.5) is 0 Å². The number of hydrogen-bond donors (Lipinski definition) is 2. The van der Waals surface area contributed by atoms with Gasteiger partial charge >= 0.3 is 19.8 Å². The zero-order valence-electron chi connectivity index (χ0n) is 30.9. The van der Waals surface area contributed by atoms with E-state index in [1.54, 1.807) is 7.05 Å². The maximum atomic E-state index is 12.5. The van der Waals surface area contributed by atoms with E-state index < -0.39 is 26.5 Å². The van der Waals surface area contributed by atoms with E-state index in [1.807, 2.05) is 0 Å². The minimum absolute atomic E-state index is 0.0190. The Morgan fingerprint density at radius 1 is 0.625 bits per heavy atom. The number of hydrogen-bond acceptors (Lipinski definition) is 8. The monoisotopic (exact) mass is 701 g/mol. The summed E-state index contributed by atoms with van der Waals surface area (Å²) in [4.78, 5) is 34.9. The number of phosphoric acid groups is 1. The number of rotatable bonds is 36. The van der Waals surface area contributed by atoms with Crippen molar-refractivity contribution >= 4 is 19.8 Å². The van der Waals surface area contributed by atoms with Gasteiger partial charge in [0, 0.05) is 19.4 Å². The van der Waals surface area contributed by atoms with E-state index in [1.165, 1.54) is 64.2 Å². The average Bonchev–Trinajstić information content (AvgIpc) is 3.06. The second-order valence-electron chi connectivity index (χ2n) is 12.8. The third-order valence-corrected chi connectivity index (χ3v) is 9.03. The van der Waals surface area contributed by atoms with Gasteiger partial charge in [-0.25, -0.2) is 4.57 Å². The summed E-state index contributed by atoms with van der Waals surface area (Å²) < 4.78 is 33.0. The first-order valence-corrected chi connectivity index (χ1v) is 20.8. The number of carbonyl (C=O) groups excluding carboxylic acids is 2. The molecule has 0 fully saturated rings. The predicted octanol–water partition coefficient (Wildman–Crippen LogP) is 10.3. The summed E-state index contributed by atoms with van der Waals surface area (Å²) in [5.74, 6) is -0.827. The van der Waals surface area contributed by atoms with Crippen LogP contribution < -0.4 is 5.32 Å². The van der Waals surface area contributed by atoms with Crippen molar-refractivity contribution in [1.29, 1.82) is 0 Å². The summed E-state index contributed by atoms with van der Waals surface area (Å²) in [5, 5.41) is 2.81. The Labute approximate surface area is 294 Å². The fraction of sp³-hybridized carbons (Fsp3) is 0.842. The first-order valence-electron chi connectivity index (χ1n) is 19.3. The molecule has 10 heteroatoms. The first kappa shape index (κ1) is 46.5. The highest BCUT2D eigenvalue weighted by Gasteiger charge is 2.26. The third kappa shape index (κ3) is 34.4. The smallest absolute Gasteiger partial charge is 0.462 e. The molecule has 0 aliphatic heterocycles. The van der Waals surface area contributed by atoms with Crippen molar-refractivity contribution in [2.45, 2.75) is 174 Å². The van der Waals surface area contributed by atoms with Gasteiger partial charge in [-0.1, -0.05) is 115 Å². The molecule has 0 heterocycles. The number of unbranched alkanes of at least 4 members (excludes halogenated alkanes) is 18. The number of likely N-dealkylation sites (N-methyl/N-ethyl adjacent to an activating group) is 1. The molecule has 9 nitrogen and oxygen atoms in total. The van der Waals surface area contributed by atoms with Crippen LogP contribution in [0.1, 0.15) is 168 Å². The van der Waals surface area contributed by atoms with E-state index >= 15 is 0 Å². The van der Waals surface area contributed by atoms with Crippen LogP contribution >= 0.6 is 7.82 Å². The molecule has 0 spiro atoms. The molecule has 0 aromatic heterocycles. The standard InChI is InChI=1S/C38H72NO8P/c1-4-6-8-10-12-14-16-18-20-22-24-26-28-30-37(40)44-34-36(35-46-48(42,43)45-33-32-39-3)47-38(41)31-29-27-25-23-21-19-17-15-13-11-9-7-5-2/h14-17,36,39H,4-13,18-35H2,1-3H3,(H,42,43)/b16-14-,17-15-/t36-/m1/s1. The SMILES string of the molecule is CCCCCC/C=C\CCCCCCCC(=O)OC[C@H](COP(=O)(O)OCCNC)OC(=O)CCCCCCC/C=C\CCCCCC. The molecule has 2 N–H and O–H groups in total. The topological polar surface area (TPSA) is 120 Å². The lowest BCUT2D eigenvalue weighted by Crippen LogP contribution is -2.29. The zero-order chi connectivity index (χ0) is 35.4. The Hall–Kier alpha value is -1.51. The van der Waals surface area contributed by atoms with E-state index in [0.717, 1.165) is 70.6 Å². The fourth-order valence-electron chi connectivity index (χ4n) is 5.07. The Morgan fingerprint density at radius 3 is 1.54 bits per heavy atom. The van der Waals surface area contributed by atoms with Crippen molar-refractivity contribution in [1.82, 2.24) is 5.32 Å². The van der Waals surface area contributed by atoms with Gasteiger partial charge in [0.15, 0.2) is 6.10 Å². The van der Waals surface area contributed by atoms with Crippen molar-refractivity contribution in [2.75, 3.05) is 33.4 Å². The molecule has 282 valence electrons. The minimum atomic E-state index is -4.34. The van der Waals surface area contributed by atoms with Crippen molar-refractivity contribution in [3.63, 3.8) is 0 Å². The highest BCUT2D eigenvalue weighted by atomic mass is 31.2. The molecule has 2 atom stereocenters. The van der Waals surface area contributed by atoms with Gasteiger partial charge in [-0.3, -0.25) is 18.6 Å². The molecule has 0 amide bonds. The molecule has 0 aliphatic rings. The molecule has 0 saturated heterocycles. The number of carbonyl (C=O) groups is 2. The van der Waals surface area contributed by atoms with Crippen molar-refractivity contribution < 1.29 is 37.6 Å². The number of allylic oxidation sites excluding steroid dienone is 4. The predicted molar refractivity (Wildman–Crippen MR) is 197 cm³/mol. The van der Waals surface area contributed by atoms with Gasteiger partial charge in [-0.05, 0) is 71.3 Å².